The third-order valence-electron chi connectivity index (χ3n) is 5.36. The molecule has 2 aromatic heterocycles. The first kappa shape index (κ1) is 16.4. The second-order valence-corrected chi connectivity index (χ2v) is 8.00. The Balaban J connectivity index is 1.70. The summed E-state index contributed by atoms with van der Waals surface area (Å²) in [5.41, 5.74) is 3.26. The van der Waals surface area contributed by atoms with Crippen molar-refractivity contribution in [3.05, 3.63) is 54.2 Å². The summed E-state index contributed by atoms with van der Waals surface area (Å²) >= 11 is 1.76. The van der Waals surface area contributed by atoms with E-state index in [0.29, 0.717) is 0 Å². The lowest BCUT2D eigenvalue weighted by molar-refractivity contribution is -0.111. The number of nitrogens with zero attached hydrogens (tertiary/aromatic N) is 3. The standard InChI is InChI=1S/C22H19N3OS/c26-13-15-3-2-9-25(12-15)22-21-18(4-1-5-19(21)23-14-24-22)16-6-7-20-17(11-16)8-10-27-20/h1,4-8,10-11,13-15H,2-3,9,12H2. The van der Waals surface area contributed by atoms with Crippen LogP contribution in [0.5, 0.6) is 0 Å². The third-order valence-corrected chi connectivity index (χ3v) is 6.25. The average molecular weight is 373 g/mol. The lowest BCUT2D eigenvalue weighted by Gasteiger charge is -2.32. The number of hydrogen-bond donors (Lipinski definition) is 0. The zero-order valence-corrected chi connectivity index (χ0v) is 15.7. The van der Waals surface area contributed by atoms with Gasteiger partial charge in [0.25, 0.3) is 0 Å². The van der Waals surface area contributed by atoms with Crippen molar-refractivity contribution in [2.24, 2.45) is 5.92 Å². The van der Waals surface area contributed by atoms with Gasteiger partial charge in [0.1, 0.15) is 18.4 Å². The zero-order chi connectivity index (χ0) is 18.2. The molecule has 4 nitrogen and oxygen atoms in total. The molecule has 5 heteroatoms. The second kappa shape index (κ2) is 6.74. The highest BCUT2D eigenvalue weighted by Gasteiger charge is 2.23. The van der Waals surface area contributed by atoms with E-state index < -0.39 is 0 Å². The van der Waals surface area contributed by atoms with Crippen LogP contribution in [0.3, 0.4) is 0 Å². The van der Waals surface area contributed by atoms with Gasteiger partial charge in [0.15, 0.2) is 0 Å². The summed E-state index contributed by atoms with van der Waals surface area (Å²) in [5, 5.41) is 4.45. The summed E-state index contributed by atoms with van der Waals surface area (Å²) in [7, 11) is 0. The Morgan fingerprint density at radius 1 is 1.15 bits per heavy atom. The van der Waals surface area contributed by atoms with E-state index in [-0.39, 0.29) is 5.92 Å². The number of benzene rings is 2. The molecule has 1 aliphatic rings. The van der Waals surface area contributed by atoms with Crippen molar-refractivity contribution in [1.82, 2.24) is 9.97 Å². The Morgan fingerprint density at radius 3 is 3.04 bits per heavy atom. The number of hydrogen-bond acceptors (Lipinski definition) is 5. The van der Waals surface area contributed by atoms with Gasteiger partial charge in [0.05, 0.1) is 10.9 Å². The van der Waals surface area contributed by atoms with Gasteiger partial charge in [-0.15, -0.1) is 11.3 Å². The predicted molar refractivity (Wildman–Crippen MR) is 111 cm³/mol. The van der Waals surface area contributed by atoms with E-state index in [1.165, 1.54) is 15.6 Å². The Labute approximate surface area is 161 Å². The van der Waals surface area contributed by atoms with Crippen LogP contribution in [0.15, 0.2) is 54.2 Å². The fourth-order valence-electron chi connectivity index (χ4n) is 4.02. The van der Waals surface area contributed by atoms with Crippen LogP contribution < -0.4 is 4.90 Å². The highest BCUT2D eigenvalue weighted by atomic mass is 32.1. The normalized spacial score (nSPS) is 17.5. The van der Waals surface area contributed by atoms with Crippen molar-refractivity contribution in [3.8, 4) is 11.1 Å². The van der Waals surface area contributed by atoms with Crippen LogP contribution in [0.1, 0.15) is 12.8 Å². The fourth-order valence-corrected chi connectivity index (χ4v) is 4.79. The first-order valence-corrected chi connectivity index (χ1v) is 10.1. The topological polar surface area (TPSA) is 46.1 Å². The molecule has 5 rings (SSSR count). The smallest absolute Gasteiger partial charge is 0.140 e. The maximum Gasteiger partial charge on any atom is 0.140 e. The van der Waals surface area contributed by atoms with E-state index in [9.17, 15) is 4.79 Å². The first-order valence-electron chi connectivity index (χ1n) is 9.25. The highest BCUT2D eigenvalue weighted by molar-refractivity contribution is 7.17. The molecule has 0 spiro atoms. The quantitative estimate of drug-likeness (QED) is 0.478. The maximum atomic E-state index is 11.3. The summed E-state index contributed by atoms with van der Waals surface area (Å²) in [6, 6.07) is 15.0. The SMILES string of the molecule is O=CC1CCCN(c2ncnc3cccc(-c4ccc5sccc5c4)c23)C1. The summed E-state index contributed by atoms with van der Waals surface area (Å²) in [6.07, 6.45) is 4.69. The van der Waals surface area contributed by atoms with Gasteiger partial charge >= 0.3 is 0 Å². The van der Waals surface area contributed by atoms with Gasteiger partial charge in [-0.25, -0.2) is 9.97 Å². The van der Waals surface area contributed by atoms with Gasteiger partial charge in [-0.3, -0.25) is 0 Å². The molecule has 134 valence electrons. The third kappa shape index (κ3) is 2.88. The molecule has 1 unspecified atom stereocenters. The number of aldehydes is 1. The van der Waals surface area contributed by atoms with Crippen molar-refractivity contribution < 1.29 is 4.79 Å². The van der Waals surface area contributed by atoms with Gasteiger partial charge in [-0.1, -0.05) is 18.2 Å². The van der Waals surface area contributed by atoms with Crippen LogP contribution in [-0.2, 0) is 4.79 Å². The number of fused-ring (bicyclic) bond motifs is 2. The van der Waals surface area contributed by atoms with E-state index in [2.05, 4.69) is 56.6 Å². The number of thiophene rings is 1. The lowest BCUT2D eigenvalue weighted by Crippen LogP contribution is -2.36. The Kier molecular flexibility index (Phi) is 4.09. The number of aromatic nitrogens is 2. The molecule has 27 heavy (non-hydrogen) atoms. The molecule has 0 saturated carbocycles. The molecule has 1 saturated heterocycles. The number of piperidine rings is 1. The molecule has 0 aliphatic carbocycles. The number of carbonyl (C=O) groups excluding carboxylic acids is 1. The molecule has 0 amide bonds. The van der Waals surface area contributed by atoms with Crippen LogP contribution in [0.25, 0.3) is 32.1 Å². The molecule has 0 bridgehead atoms. The fraction of sp³-hybridized carbons (Fsp3) is 0.227. The largest absolute Gasteiger partial charge is 0.355 e. The average Bonchev–Trinajstić information content (AvgIpc) is 3.21. The van der Waals surface area contributed by atoms with Crippen LogP contribution in [-0.4, -0.2) is 29.3 Å². The summed E-state index contributed by atoms with van der Waals surface area (Å²) in [4.78, 5) is 22.7. The lowest BCUT2D eigenvalue weighted by atomic mass is 9.97. The molecular formula is C22H19N3OS. The summed E-state index contributed by atoms with van der Waals surface area (Å²) < 4.78 is 1.29. The molecule has 1 atom stereocenters. The van der Waals surface area contributed by atoms with E-state index in [0.717, 1.165) is 54.5 Å². The van der Waals surface area contributed by atoms with E-state index in [1.54, 1.807) is 17.7 Å². The van der Waals surface area contributed by atoms with Crippen LogP contribution in [0, 0.1) is 5.92 Å². The molecule has 3 heterocycles. The van der Waals surface area contributed by atoms with Crippen molar-refractivity contribution >= 4 is 44.4 Å². The van der Waals surface area contributed by atoms with Crippen molar-refractivity contribution in [3.63, 3.8) is 0 Å². The van der Waals surface area contributed by atoms with Gasteiger partial charge in [-0.2, -0.15) is 0 Å². The summed E-state index contributed by atoms with van der Waals surface area (Å²) in [6.45, 7) is 1.65. The molecular weight excluding hydrogens is 354 g/mol. The van der Waals surface area contributed by atoms with Crippen LogP contribution in [0.2, 0.25) is 0 Å². The number of rotatable bonds is 3. The molecule has 1 aliphatic heterocycles. The molecule has 4 aromatic rings. The van der Waals surface area contributed by atoms with Gasteiger partial charge < -0.3 is 9.69 Å². The van der Waals surface area contributed by atoms with Crippen molar-refractivity contribution in [2.45, 2.75) is 12.8 Å². The van der Waals surface area contributed by atoms with Crippen molar-refractivity contribution in [1.29, 1.82) is 0 Å². The molecule has 0 radical (unpaired) electrons. The minimum Gasteiger partial charge on any atom is -0.355 e. The van der Waals surface area contributed by atoms with Gasteiger partial charge in [0, 0.05) is 23.7 Å². The minimum atomic E-state index is 0.0816. The van der Waals surface area contributed by atoms with Crippen LogP contribution >= 0.6 is 11.3 Å². The van der Waals surface area contributed by atoms with E-state index >= 15 is 0 Å². The predicted octanol–water partition coefficient (Wildman–Crippen LogP) is 4.93. The molecule has 2 aromatic carbocycles. The zero-order valence-electron chi connectivity index (χ0n) is 14.8. The molecule has 1 fully saturated rings. The van der Waals surface area contributed by atoms with Crippen molar-refractivity contribution in [2.75, 3.05) is 18.0 Å². The Hall–Kier alpha value is -2.79. The van der Waals surface area contributed by atoms with E-state index in [1.807, 2.05) is 6.07 Å². The monoisotopic (exact) mass is 373 g/mol. The minimum absolute atomic E-state index is 0.0816. The van der Waals surface area contributed by atoms with E-state index in [4.69, 9.17) is 0 Å². The Bertz CT molecular complexity index is 1130. The summed E-state index contributed by atoms with van der Waals surface area (Å²) in [5.74, 6) is 1.02. The highest BCUT2D eigenvalue weighted by Crippen LogP contribution is 2.36. The van der Waals surface area contributed by atoms with Gasteiger partial charge in [-0.05, 0) is 59.0 Å². The Morgan fingerprint density at radius 2 is 2.11 bits per heavy atom. The number of anilines is 1. The van der Waals surface area contributed by atoms with Crippen LogP contribution in [0.4, 0.5) is 5.82 Å². The number of carbonyl (C=O) groups is 1. The maximum absolute atomic E-state index is 11.3. The van der Waals surface area contributed by atoms with Gasteiger partial charge in [0.2, 0.25) is 0 Å². The second-order valence-electron chi connectivity index (χ2n) is 7.05. The first-order chi connectivity index (χ1) is 13.3. The molecule has 0 N–H and O–H groups in total.